The quantitative estimate of drug-likeness (QED) is 0.826. The van der Waals surface area contributed by atoms with E-state index in [2.05, 4.69) is 5.32 Å². The van der Waals surface area contributed by atoms with Gasteiger partial charge in [-0.05, 0) is 30.0 Å². The summed E-state index contributed by atoms with van der Waals surface area (Å²) >= 11 is 7.29. The molecule has 0 amide bonds. The maximum atomic E-state index is 13.3. The molecule has 2 rings (SSSR count). The van der Waals surface area contributed by atoms with Gasteiger partial charge in [-0.1, -0.05) is 11.6 Å². The molecule has 0 aliphatic rings. The molecule has 5 heteroatoms. The molecule has 2 aromatic rings. The fraction of sp³-hybridized carbons (Fsp3) is 0.167. The second-order valence-corrected chi connectivity index (χ2v) is 5.14. The Labute approximate surface area is 108 Å². The van der Waals surface area contributed by atoms with Gasteiger partial charge in [0.15, 0.2) is 0 Å². The molecule has 0 fully saturated rings. The summed E-state index contributed by atoms with van der Waals surface area (Å²) in [6.45, 7) is 2.67. The number of nitrogen functional groups attached to an aromatic ring is 1. The summed E-state index contributed by atoms with van der Waals surface area (Å²) < 4.78 is 13.3. The lowest BCUT2D eigenvalue weighted by atomic mass is 10.2. The summed E-state index contributed by atoms with van der Waals surface area (Å²) in [7, 11) is 0. The molecule has 0 aliphatic carbocycles. The molecule has 0 unspecified atom stereocenters. The zero-order valence-electron chi connectivity index (χ0n) is 9.26. The number of anilines is 2. The molecule has 1 aromatic carbocycles. The molecule has 0 aliphatic heterocycles. The smallest absolute Gasteiger partial charge is 0.143 e. The van der Waals surface area contributed by atoms with E-state index in [4.69, 9.17) is 17.3 Å². The van der Waals surface area contributed by atoms with Crippen LogP contribution in [-0.2, 0) is 6.54 Å². The van der Waals surface area contributed by atoms with Crippen molar-refractivity contribution in [2.45, 2.75) is 13.5 Å². The molecule has 0 atom stereocenters. The van der Waals surface area contributed by atoms with Gasteiger partial charge in [-0.2, -0.15) is 0 Å². The molecule has 17 heavy (non-hydrogen) atoms. The summed E-state index contributed by atoms with van der Waals surface area (Å²) in [6, 6.07) is 4.79. The molecular weight excluding hydrogens is 259 g/mol. The van der Waals surface area contributed by atoms with Gasteiger partial charge in [0.1, 0.15) is 5.82 Å². The highest BCUT2D eigenvalue weighted by Crippen LogP contribution is 2.27. The van der Waals surface area contributed by atoms with Crippen LogP contribution in [0.15, 0.2) is 23.6 Å². The highest BCUT2D eigenvalue weighted by Gasteiger charge is 2.07. The number of thiophene rings is 1. The Morgan fingerprint density at radius 3 is 2.88 bits per heavy atom. The van der Waals surface area contributed by atoms with Crippen LogP contribution in [0, 0.1) is 12.7 Å². The Kier molecular flexibility index (Phi) is 3.54. The Morgan fingerprint density at radius 2 is 2.24 bits per heavy atom. The van der Waals surface area contributed by atoms with Gasteiger partial charge in [0.05, 0.1) is 16.4 Å². The highest BCUT2D eigenvalue weighted by atomic mass is 35.5. The van der Waals surface area contributed by atoms with Gasteiger partial charge in [-0.3, -0.25) is 0 Å². The SMILES string of the molecule is Cc1ccsc1CNc1cc(F)c(Cl)cc1N. The van der Waals surface area contributed by atoms with Gasteiger partial charge in [0.2, 0.25) is 0 Å². The average molecular weight is 271 g/mol. The monoisotopic (exact) mass is 270 g/mol. The maximum absolute atomic E-state index is 13.3. The minimum atomic E-state index is -0.466. The second kappa shape index (κ2) is 4.94. The first kappa shape index (κ1) is 12.2. The number of nitrogens with two attached hydrogens (primary N) is 1. The Hall–Kier alpha value is -1.26. The van der Waals surface area contributed by atoms with Crippen LogP contribution in [0.25, 0.3) is 0 Å². The number of hydrogen-bond acceptors (Lipinski definition) is 3. The standard InChI is InChI=1S/C12H12ClFN2S/c1-7-2-3-17-12(7)6-16-11-5-9(14)8(13)4-10(11)15/h2-5,16H,6,15H2,1H3. The predicted molar refractivity (Wildman–Crippen MR) is 72.2 cm³/mol. The number of nitrogens with one attached hydrogen (secondary N) is 1. The number of hydrogen-bond donors (Lipinski definition) is 2. The first-order chi connectivity index (χ1) is 8.08. The molecule has 90 valence electrons. The van der Waals surface area contributed by atoms with Crippen molar-refractivity contribution in [2.75, 3.05) is 11.1 Å². The predicted octanol–water partition coefficient (Wildman–Crippen LogP) is 4.04. The number of rotatable bonds is 3. The van der Waals surface area contributed by atoms with E-state index >= 15 is 0 Å². The van der Waals surface area contributed by atoms with Crippen molar-refractivity contribution in [3.8, 4) is 0 Å². The molecule has 2 nitrogen and oxygen atoms in total. The zero-order chi connectivity index (χ0) is 12.4. The molecule has 0 bridgehead atoms. The molecule has 0 saturated heterocycles. The number of aryl methyl sites for hydroxylation is 1. The van der Waals surface area contributed by atoms with Gasteiger partial charge < -0.3 is 11.1 Å². The van der Waals surface area contributed by atoms with Crippen LogP contribution in [0.3, 0.4) is 0 Å². The average Bonchev–Trinajstić information content (AvgIpc) is 2.68. The summed E-state index contributed by atoms with van der Waals surface area (Å²) in [6.07, 6.45) is 0. The molecule has 0 spiro atoms. The van der Waals surface area contributed by atoms with Gasteiger partial charge in [-0.25, -0.2) is 4.39 Å². The molecule has 1 heterocycles. The zero-order valence-corrected chi connectivity index (χ0v) is 10.8. The maximum Gasteiger partial charge on any atom is 0.143 e. The van der Waals surface area contributed by atoms with E-state index in [-0.39, 0.29) is 5.02 Å². The van der Waals surface area contributed by atoms with Crippen molar-refractivity contribution < 1.29 is 4.39 Å². The van der Waals surface area contributed by atoms with Crippen LogP contribution in [0.5, 0.6) is 0 Å². The van der Waals surface area contributed by atoms with Crippen molar-refractivity contribution >= 4 is 34.3 Å². The number of benzene rings is 1. The third-order valence-corrected chi connectivity index (χ3v) is 3.81. The molecule has 1 aromatic heterocycles. The molecule has 3 N–H and O–H groups in total. The summed E-state index contributed by atoms with van der Waals surface area (Å²) in [5.74, 6) is -0.466. The van der Waals surface area contributed by atoms with Crippen molar-refractivity contribution in [3.05, 3.63) is 44.9 Å². The Morgan fingerprint density at radius 1 is 1.47 bits per heavy atom. The third-order valence-electron chi connectivity index (χ3n) is 2.50. The lowest BCUT2D eigenvalue weighted by Gasteiger charge is -2.09. The van der Waals surface area contributed by atoms with Crippen molar-refractivity contribution in [3.63, 3.8) is 0 Å². The minimum absolute atomic E-state index is 0.0420. The van der Waals surface area contributed by atoms with Gasteiger partial charge in [-0.15, -0.1) is 11.3 Å². The van der Waals surface area contributed by atoms with E-state index in [0.29, 0.717) is 17.9 Å². The minimum Gasteiger partial charge on any atom is -0.397 e. The lowest BCUT2D eigenvalue weighted by Crippen LogP contribution is -2.02. The van der Waals surface area contributed by atoms with Crippen LogP contribution in [0.2, 0.25) is 5.02 Å². The first-order valence-corrected chi connectivity index (χ1v) is 6.35. The van der Waals surface area contributed by atoms with E-state index in [1.165, 1.54) is 22.6 Å². The van der Waals surface area contributed by atoms with Crippen molar-refractivity contribution in [1.82, 2.24) is 0 Å². The third kappa shape index (κ3) is 2.70. The van der Waals surface area contributed by atoms with Gasteiger partial charge >= 0.3 is 0 Å². The van der Waals surface area contributed by atoms with Crippen molar-refractivity contribution in [2.24, 2.45) is 0 Å². The van der Waals surface area contributed by atoms with E-state index in [9.17, 15) is 4.39 Å². The van der Waals surface area contributed by atoms with Crippen LogP contribution in [-0.4, -0.2) is 0 Å². The van der Waals surface area contributed by atoms with Gasteiger partial charge in [0.25, 0.3) is 0 Å². The fourth-order valence-electron chi connectivity index (χ4n) is 1.48. The molecular formula is C12H12ClFN2S. The first-order valence-electron chi connectivity index (χ1n) is 5.09. The lowest BCUT2D eigenvalue weighted by molar-refractivity contribution is 0.629. The summed E-state index contributed by atoms with van der Waals surface area (Å²) in [5.41, 5.74) is 7.99. The second-order valence-electron chi connectivity index (χ2n) is 3.73. The van der Waals surface area contributed by atoms with Crippen LogP contribution < -0.4 is 11.1 Å². The van der Waals surface area contributed by atoms with E-state index in [1.54, 1.807) is 11.3 Å². The van der Waals surface area contributed by atoms with E-state index < -0.39 is 5.82 Å². The fourth-order valence-corrected chi connectivity index (χ4v) is 2.49. The largest absolute Gasteiger partial charge is 0.397 e. The van der Waals surface area contributed by atoms with Crippen LogP contribution in [0.1, 0.15) is 10.4 Å². The Balaban J connectivity index is 2.14. The van der Waals surface area contributed by atoms with Crippen molar-refractivity contribution in [1.29, 1.82) is 0 Å². The summed E-state index contributed by atoms with van der Waals surface area (Å²) in [5, 5.41) is 5.18. The van der Waals surface area contributed by atoms with E-state index in [0.717, 1.165) is 0 Å². The highest BCUT2D eigenvalue weighted by molar-refractivity contribution is 7.10. The number of halogens is 2. The molecule has 0 radical (unpaired) electrons. The van der Waals surface area contributed by atoms with Crippen LogP contribution in [0.4, 0.5) is 15.8 Å². The normalized spacial score (nSPS) is 10.5. The van der Waals surface area contributed by atoms with E-state index in [1.807, 2.05) is 18.4 Å². The Bertz CT molecular complexity index is 539. The summed E-state index contributed by atoms with van der Waals surface area (Å²) in [4.78, 5) is 1.21. The van der Waals surface area contributed by atoms with Crippen LogP contribution >= 0.6 is 22.9 Å². The van der Waals surface area contributed by atoms with Gasteiger partial charge in [0, 0.05) is 17.5 Å². The molecule has 0 saturated carbocycles. The topological polar surface area (TPSA) is 38.0 Å².